The summed E-state index contributed by atoms with van der Waals surface area (Å²) in [6.07, 6.45) is -2.04. The van der Waals surface area contributed by atoms with Crippen LogP contribution in [0.4, 0.5) is 11.6 Å². The van der Waals surface area contributed by atoms with Gasteiger partial charge in [0.05, 0.1) is 19.1 Å². The highest BCUT2D eigenvalue weighted by Gasteiger charge is 2.45. The normalized spacial score (nSPS) is 22.9. The number of aliphatic hydroxyl groups excluding tert-OH is 3. The monoisotopic (exact) mass is 457 g/mol. The minimum absolute atomic E-state index is 0.0107. The smallest absolute Gasteiger partial charge is 0.278 e. The summed E-state index contributed by atoms with van der Waals surface area (Å²) in [4.78, 5) is 25.3. The number of fused-ring (bicyclic) bond motifs is 1. The third kappa shape index (κ3) is 4.33. The van der Waals surface area contributed by atoms with Crippen molar-refractivity contribution in [1.29, 1.82) is 0 Å². The molecule has 0 unspecified atom stereocenters. The summed E-state index contributed by atoms with van der Waals surface area (Å²) < 4.78 is 6.96. The van der Waals surface area contributed by atoms with Crippen LogP contribution in [-0.2, 0) is 4.74 Å². The van der Waals surface area contributed by atoms with E-state index in [2.05, 4.69) is 44.2 Å². The number of benzene rings is 1. The first kappa shape index (κ1) is 22.9. The van der Waals surface area contributed by atoms with E-state index in [9.17, 15) is 20.1 Å². The van der Waals surface area contributed by atoms with Crippen LogP contribution in [0.3, 0.4) is 0 Å². The van der Waals surface area contributed by atoms with Crippen molar-refractivity contribution in [2.45, 2.75) is 38.4 Å². The molecule has 4 atom stereocenters. The average Bonchev–Trinajstić information content (AvgIpc) is 3.33. The highest BCUT2D eigenvalue weighted by Crippen LogP contribution is 2.33. The van der Waals surface area contributed by atoms with Crippen LogP contribution in [0.5, 0.6) is 0 Å². The predicted molar refractivity (Wildman–Crippen MR) is 122 cm³/mol. The van der Waals surface area contributed by atoms with Gasteiger partial charge in [-0.05, 0) is 31.5 Å². The molecule has 2 aromatic heterocycles. The Bertz CT molecular complexity index is 1170. The van der Waals surface area contributed by atoms with Crippen LogP contribution in [-0.4, -0.2) is 79.1 Å². The molecular formula is C21H27N7O5. The van der Waals surface area contributed by atoms with E-state index in [1.807, 2.05) is 24.3 Å². The summed E-state index contributed by atoms with van der Waals surface area (Å²) in [5, 5.41) is 34.3. The van der Waals surface area contributed by atoms with Crippen LogP contribution < -0.4 is 15.9 Å². The molecule has 0 aliphatic carbocycles. The number of nitrogens with one attached hydrogen (secondary N) is 2. The molecule has 3 aromatic rings. The number of hydrazone groups is 1. The Hall–Kier alpha value is -3.32. The van der Waals surface area contributed by atoms with Crippen molar-refractivity contribution in [3.63, 3.8) is 0 Å². The average molecular weight is 457 g/mol. The number of hydrogen-bond acceptors (Lipinski definition) is 10. The van der Waals surface area contributed by atoms with E-state index >= 15 is 0 Å². The zero-order valence-electron chi connectivity index (χ0n) is 18.3. The number of nitrogens with zero attached hydrogens (tertiary/aromatic N) is 5. The van der Waals surface area contributed by atoms with Gasteiger partial charge in [0.2, 0.25) is 5.95 Å². The minimum atomic E-state index is -1.38. The Morgan fingerprint density at radius 3 is 2.61 bits per heavy atom. The molecule has 1 aliphatic heterocycles. The molecule has 5 N–H and O–H groups in total. The van der Waals surface area contributed by atoms with Gasteiger partial charge in [-0.3, -0.25) is 9.36 Å². The van der Waals surface area contributed by atoms with Crippen molar-refractivity contribution in [2.75, 3.05) is 30.0 Å². The minimum Gasteiger partial charge on any atom is -0.394 e. The van der Waals surface area contributed by atoms with Crippen molar-refractivity contribution in [3.05, 3.63) is 46.5 Å². The molecule has 12 heteroatoms. The van der Waals surface area contributed by atoms with E-state index in [4.69, 9.17) is 4.74 Å². The molecule has 0 spiro atoms. The lowest BCUT2D eigenvalue weighted by molar-refractivity contribution is -0.0501. The van der Waals surface area contributed by atoms with Gasteiger partial charge in [0.25, 0.3) is 5.56 Å². The lowest BCUT2D eigenvalue weighted by Gasteiger charge is -2.20. The van der Waals surface area contributed by atoms with Gasteiger partial charge < -0.3 is 29.9 Å². The number of hydrogen-bond donors (Lipinski definition) is 5. The standard InChI is InChI=1S/C21H27N7O5/c1-3-27(4-2)13-7-5-12(6-8-13)9-24-26-21-25-15-18(22-11-23-19(15)32)28(21)20-17(31)16(30)14(10-29)33-20/h5-9,11,14,16-17,20,29-31H,3-4,10H2,1-2H3,(H,25,26)(H,22,23,32)/b24-9+/t14-,16-,17-,20-/m1/s1. The number of aromatic nitrogens is 4. The number of anilines is 2. The largest absolute Gasteiger partial charge is 0.394 e. The highest BCUT2D eigenvalue weighted by atomic mass is 16.6. The van der Waals surface area contributed by atoms with Crippen molar-refractivity contribution < 1.29 is 20.1 Å². The Labute approximate surface area is 189 Å². The van der Waals surface area contributed by atoms with Crippen molar-refractivity contribution in [1.82, 2.24) is 19.5 Å². The quantitative estimate of drug-likeness (QED) is 0.232. The summed E-state index contributed by atoms with van der Waals surface area (Å²) in [6.45, 7) is 5.54. The Morgan fingerprint density at radius 2 is 1.97 bits per heavy atom. The van der Waals surface area contributed by atoms with Crippen LogP contribution in [0, 0.1) is 0 Å². The SMILES string of the molecule is CCN(CC)c1ccc(/C=N/Nc2nc3c(=O)[nH]cnc3n2[C@@H]2O[C@H](CO)[C@@H](O)[C@H]2O)cc1. The highest BCUT2D eigenvalue weighted by molar-refractivity contribution is 5.81. The van der Waals surface area contributed by atoms with Crippen molar-refractivity contribution >= 4 is 29.0 Å². The maximum atomic E-state index is 12.2. The topological polar surface area (TPSA) is 161 Å². The Kier molecular flexibility index (Phi) is 6.70. The Morgan fingerprint density at radius 1 is 1.24 bits per heavy atom. The second kappa shape index (κ2) is 9.67. The molecule has 33 heavy (non-hydrogen) atoms. The molecule has 1 saturated heterocycles. The fourth-order valence-electron chi connectivity index (χ4n) is 3.86. The maximum Gasteiger partial charge on any atom is 0.278 e. The number of aliphatic hydroxyl groups is 3. The predicted octanol–water partition coefficient (Wildman–Crippen LogP) is 0.0233. The number of aromatic amines is 1. The molecule has 4 rings (SSSR count). The van der Waals surface area contributed by atoms with Gasteiger partial charge in [-0.1, -0.05) is 12.1 Å². The first-order valence-corrected chi connectivity index (χ1v) is 10.7. The van der Waals surface area contributed by atoms with Gasteiger partial charge in [0.1, 0.15) is 18.3 Å². The molecule has 0 bridgehead atoms. The molecule has 0 amide bonds. The van der Waals surface area contributed by atoms with E-state index in [1.165, 1.54) is 10.9 Å². The number of imidazole rings is 1. The van der Waals surface area contributed by atoms with E-state index in [0.29, 0.717) is 0 Å². The second-order valence-electron chi connectivity index (χ2n) is 7.57. The van der Waals surface area contributed by atoms with Crippen LogP contribution in [0.25, 0.3) is 11.2 Å². The van der Waals surface area contributed by atoms with Crippen LogP contribution in [0.15, 0.2) is 40.5 Å². The van der Waals surface area contributed by atoms with Gasteiger partial charge in [-0.25, -0.2) is 15.4 Å². The molecule has 3 heterocycles. The molecule has 0 radical (unpaired) electrons. The van der Waals surface area contributed by atoms with Gasteiger partial charge in [0, 0.05) is 18.8 Å². The summed E-state index contributed by atoms with van der Waals surface area (Å²) in [7, 11) is 0. The molecule has 12 nitrogen and oxygen atoms in total. The Balaban J connectivity index is 1.62. The van der Waals surface area contributed by atoms with Crippen LogP contribution >= 0.6 is 0 Å². The molecular weight excluding hydrogens is 430 g/mol. The van der Waals surface area contributed by atoms with Gasteiger partial charge in [-0.2, -0.15) is 5.10 Å². The third-order valence-electron chi connectivity index (χ3n) is 5.65. The van der Waals surface area contributed by atoms with Crippen molar-refractivity contribution in [3.8, 4) is 0 Å². The molecule has 176 valence electrons. The van der Waals surface area contributed by atoms with E-state index in [0.717, 1.165) is 24.3 Å². The molecule has 1 aliphatic rings. The summed E-state index contributed by atoms with van der Waals surface area (Å²) >= 11 is 0. The zero-order chi connectivity index (χ0) is 23.5. The number of rotatable bonds is 8. The van der Waals surface area contributed by atoms with Crippen molar-refractivity contribution in [2.24, 2.45) is 5.10 Å². The van der Waals surface area contributed by atoms with Crippen LogP contribution in [0.1, 0.15) is 25.6 Å². The van der Waals surface area contributed by atoms with Gasteiger partial charge >= 0.3 is 0 Å². The number of ether oxygens (including phenoxy) is 1. The lowest BCUT2D eigenvalue weighted by atomic mass is 10.1. The van der Waals surface area contributed by atoms with Gasteiger partial charge in [0.15, 0.2) is 17.4 Å². The molecule has 1 aromatic carbocycles. The summed E-state index contributed by atoms with van der Waals surface area (Å²) in [6, 6.07) is 7.87. The van der Waals surface area contributed by atoms with Gasteiger partial charge in [-0.15, -0.1) is 0 Å². The fraction of sp³-hybridized carbons (Fsp3) is 0.429. The van der Waals surface area contributed by atoms with Crippen LogP contribution in [0.2, 0.25) is 0 Å². The fourth-order valence-corrected chi connectivity index (χ4v) is 3.86. The van der Waals surface area contributed by atoms with E-state index < -0.39 is 36.7 Å². The second-order valence-corrected chi connectivity index (χ2v) is 7.57. The first-order chi connectivity index (χ1) is 16.0. The molecule has 1 fully saturated rings. The zero-order valence-corrected chi connectivity index (χ0v) is 18.3. The first-order valence-electron chi connectivity index (χ1n) is 10.7. The van der Waals surface area contributed by atoms with E-state index in [-0.39, 0.29) is 17.1 Å². The lowest BCUT2D eigenvalue weighted by Crippen LogP contribution is -2.33. The summed E-state index contributed by atoms with van der Waals surface area (Å²) in [5.41, 5.74) is 4.38. The maximum absolute atomic E-state index is 12.2. The third-order valence-corrected chi connectivity index (χ3v) is 5.65. The number of H-pyrrole nitrogens is 1. The van der Waals surface area contributed by atoms with E-state index in [1.54, 1.807) is 6.21 Å². The molecule has 0 saturated carbocycles. The summed E-state index contributed by atoms with van der Waals surface area (Å²) in [5.74, 6) is 0.0834.